The Balaban J connectivity index is 2.07. The van der Waals surface area contributed by atoms with Crippen LogP contribution in [0.15, 0.2) is 42.5 Å². The molecule has 2 aromatic carbocycles. The van der Waals surface area contributed by atoms with Gasteiger partial charge in [-0.05, 0) is 30.2 Å². The van der Waals surface area contributed by atoms with E-state index in [1.54, 1.807) is 12.1 Å². The maximum Gasteiger partial charge on any atom is 0.127 e. The average Bonchev–Trinajstić information content (AvgIpc) is 2.52. The zero-order valence-corrected chi connectivity index (χ0v) is 12.7. The molecule has 0 heterocycles. The van der Waals surface area contributed by atoms with E-state index in [9.17, 15) is 4.39 Å². The first kappa shape index (κ1) is 15.6. The van der Waals surface area contributed by atoms with Crippen LogP contribution >= 0.6 is 11.6 Å². The van der Waals surface area contributed by atoms with Gasteiger partial charge in [-0.15, -0.1) is 11.6 Å². The monoisotopic (exact) mass is 308 g/mol. The van der Waals surface area contributed by atoms with E-state index in [4.69, 9.17) is 21.1 Å². The zero-order valence-electron chi connectivity index (χ0n) is 11.9. The molecule has 2 rings (SSSR count). The van der Waals surface area contributed by atoms with E-state index in [0.29, 0.717) is 24.8 Å². The molecule has 0 atom stereocenters. The van der Waals surface area contributed by atoms with Crippen LogP contribution in [-0.2, 0) is 12.5 Å². The standard InChI is InChI=1S/C17H18ClFO2/c1-2-9-20-16-8-5-14(11-18)17(10-16)21-12-13-3-6-15(19)7-4-13/h3-8,10H,2,9,11-12H2,1H3. The molecule has 0 radical (unpaired) electrons. The fourth-order valence-corrected chi connectivity index (χ4v) is 2.05. The van der Waals surface area contributed by atoms with Crippen LogP contribution in [0, 0.1) is 5.82 Å². The van der Waals surface area contributed by atoms with Gasteiger partial charge in [-0.3, -0.25) is 0 Å². The second-order valence-electron chi connectivity index (χ2n) is 4.67. The Labute approximate surface area is 129 Å². The molecule has 0 aliphatic rings. The van der Waals surface area contributed by atoms with Gasteiger partial charge in [0.1, 0.15) is 23.9 Å². The first-order valence-electron chi connectivity index (χ1n) is 6.92. The van der Waals surface area contributed by atoms with Gasteiger partial charge in [0.2, 0.25) is 0 Å². The molecule has 0 aliphatic carbocycles. The minimum atomic E-state index is -0.254. The fraction of sp³-hybridized carbons (Fsp3) is 0.294. The first-order chi connectivity index (χ1) is 10.2. The van der Waals surface area contributed by atoms with Crippen molar-refractivity contribution >= 4 is 11.6 Å². The Morgan fingerprint density at radius 3 is 2.48 bits per heavy atom. The van der Waals surface area contributed by atoms with Crippen LogP contribution in [0.25, 0.3) is 0 Å². The topological polar surface area (TPSA) is 18.5 Å². The Morgan fingerprint density at radius 2 is 1.81 bits per heavy atom. The van der Waals surface area contributed by atoms with Crippen molar-refractivity contribution in [1.82, 2.24) is 0 Å². The zero-order chi connectivity index (χ0) is 15.1. The lowest BCUT2D eigenvalue weighted by Crippen LogP contribution is -2.00. The maximum absolute atomic E-state index is 12.9. The van der Waals surface area contributed by atoms with E-state index in [1.807, 2.05) is 18.2 Å². The van der Waals surface area contributed by atoms with Crippen molar-refractivity contribution in [2.75, 3.05) is 6.61 Å². The molecule has 0 N–H and O–H groups in total. The number of alkyl halides is 1. The SMILES string of the molecule is CCCOc1ccc(CCl)c(OCc2ccc(F)cc2)c1. The van der Waals surface area contributed by atoms with Gasteiger partial charge < -0.3 is 9.47 Å². The Morgan fingerprint density at radius 1 is 1.05 bits per heavy atom. The lowest BCUT2D eigenvalue weighted by atomic mass is 10.2. The van der Waals surface area contributed by atoms with E-state index >= 15 is 0 Å². The largest absolute Gasteiger partial charge is 0.493 e. The summed E-state index contributed by atoms with van der Waals surface area (Å²) in [4.78, 5) is 0. The molecule has 112 valence electrons. The summed E-state index contributed by atoms with van der Waals surface area (Å²) in [7, 11) is 0. The normalized spacial score (nSPS) is 10.4. The van der Waals surface area contributed by atoms with Crippen molar-refractivity contribution < 1.29 is 13.9 Å². The summed E-state index contributed by atoms with van der Waals surface area (Å²) >= 11 is 5.92. The molecule has 0 amide bonds. The van der Waals surface area contributed by atoms with Crippen molar-refractivity contribution in [2.45, 2.75) is 25.8 Å². The second kappa shape index (κ2) is 7.89. The average molecular weight is 309 g/mol. The van der Waals surface area contributed by atoms with Crippen molar-refractivity contribution in [1.29, 1.82) is 0 Å². The van der Waals surface area contributed by atoms with Crippen LogP contribution in [0.5, 0.6) is 11.5 Å². The van der Waals surface area contributed by atoms with Gasteiger partial charge in [0, 0.05) is 11.6 Å². The molecule has 0 saturated carbocycles. The summed E-state index contributed by atoms with van der Waals surface area (Å²) in [6.07, 6.45) is 0.947. The third-order valence-electron chi connectivity index (χ3n) is 2.96. The number of hydrogen-bond acceptors (Lipinski definition) is 2. The van der Waals surface area contributed by atoms with Crippen molar-refractivity contribution in [3.63, 3.8) is 0 Å². The third-order valence-corrected chi connectivity index (χ3v) is 3.25. The summed E-state index contributed by atoms with van der Waals surface area (Å²) in [6.45, 7) is 3.08. The molecule has 0 aromatic heterocycles. The number of ether oxygens (including phenoxy) is 2. The highest BCUT2D eigenvalue weighted by atomic mass is 35.5. The van der Waals surface area contributed by atoms with Crippen LogP contribution in [0.4, 0.5) is 4.39 Å². The molecule has 0 spiro atoms. The van der Waals surface area contributed by atoms with Crippen LogP contribution in [0.2, 0.25) is 0 Å². The van der Waals surface area contributed by atoms with Gasteiger partial charge in [-0.1, -0.05) is 25.1 Å². The quantitative estimate of drug-likeness (QED) is 0.675. The van der Waals surface area contributed by atoms with Gasteiger partial charge in [0.05, 0.1) is 12.5 Å². The molecule has 2 nitrogen and oxygen atoms in total. The van der Waals surface area contributed by atoms with Gasteiger partial charge in [0.25, 0.3) is 0 Å². The van der Waals surface area contributed by atoms with Crippen LogP contribution < -0.4 is 9.47 Å². The minimum Gasteiger partial charge on any atom is -0.493 e. The molecule has 4 heteroatoms. The summed E-state index contributed by atoms with van der Waals surface area (Å²) in [5.41, 5.74) is 1.81. The Kier molecular flexibility index (Phi) is 5.88. The van der Waals surface area contributed by atoms with Gasteiger partial charge in [-0.25, -0.2) is 4.39 Å². The number of benzene rings is 2. The second-order valence-corrected chi connectivity index (χ2v) is 4.93. The van der Waals surface area contributed by atoms with Crippen LogP contribution in [0.1, 0.15) is 24.5 Å². The Bertz CT molecular complexity index is 570. The molecule has 0 bridgehead atoms. The van der Waals surface area contributed by atoms with Gasteiger partial charge in [0.15, 0.2) is 0 Å². The highest BCUT2D eigenvalue weighted by molar-refractivity contribution is 6.17. The van der Waals surface area contributed by atoms with E-state index in [-0.39, 0.29) is 5.82 Å². The highest BCUT2D eigenvalue weighted by Crippen LogP contribution is 2.27. The van der Waals surface area contributed by atoms with Crippen molar-refractivity contribution in [2.24, 2.45) is 0 Å². The van der Waals surface area contributed by atoms with Crippen molar-refractivity contribution in [3.8, 4) is 11.5 Å². The summed E-state index contributed by atoms with van der Waals surface area (Å²) in [5, 5.41) is 0. The van der Waals surface area contributed by atoms with Crippen molar-refractivity contribution in [3.05, 3.63) is 59.4 Å². The predicted octanol–water partition coefficient (Wildman–Crippen LogP) is 4.93. The maximum atomic E-state index is 12.9. The van der Waals surface area contributed by atoms with Crippen LogP contribution in [0.3, 0.4) is 0 Å². The molecule has 2 aromatic rings. The summed E-state index contributed by atoms with van der Waals surface area (Å²) < 4.78 is 24.2. The molecule has 0 saturated heterocycles. The lowest BCUT2D eigenvalue weighted by molar-refractivity contribution is 0.293. The number of rotatable bonds is 7. The van der Waals surface area contributed by atoms with Gasteiger partial charge in [-0.2, -0.15) is 0 Å². The number of halogens is 2. The lowest BCUT2D eigenvalue weighted by Gasteiger charge is -2.12. The van der Waals surface area contributed by atoms with E-state index in [1.165, 1.54) is 12.1 Å². The molecular weight excluding hydrogens is 291 g/mol. The molecule has 0 unspecified atom stereocenters. The molecule has 21 heavy (non-hydrogen) atoms. The van der Waals surface area contributed by atoms with Gasteiger partial charge >= 0.3 is 0 Å². The van der Waals surface area contributed by atoms with E-state index in [0.717, 1.165) is 23.3 Å². The molecule has 0 fully saturated rings. The first-order valence-corrected chi connectivity index (χ1v) is 7.45. The third kappa shape index (κ3) is 4.64. The van der Waals surface area contributed by atoms with E-state index in [2.05, 4.69) is 6.92 Å². The van der Waals surface area contributed by atoms with E-state index < -0.39 is 0 Å². The smallest absolute Gasteiger partial charge is 0.127 e. The fourth-order valence-electron chi connectivity index (χ4n) is 1.83. The predicted molar refractivity (Wildman–Crippen MR) is 82.5 cm³/mol. The number of hydrogen-bond donors (Lipinski definition) is 0. The van der Waals surface area contributed by atoms with Crippen LogP contribution in [-0.4, -0.2) is 6.61 Å². The highest BCUT2D eigenvalue weighted by Gasteiger charge is 2.06. The summed E-state index contributed by atoms with van der Waals surface area (Å²) in [5.74, 6) is 1.57. The Hall–Kier alpha value is -1.74. The molecular formula is C17H18ClFO2. The molecule has 0 aliphatic heterocycles. The minimum absolute atomic E-state index is 0.254. The summed E-state index contributed by atoms with van der Waals surface area (Å²) in [6, 6.07) is 11.9.